The Bertz CT molecular complexity index is 767. The van der Waals surface area contributed by atoms with Gasteiger partial charge in [-0.25, -0.2) is 0 Å². The first-order valence-electron chi connectivity index (χ1n) is 8.46. The van der Waals surface area contributed by atoms with Crippen LogP contribution in [0.5, 0.6) is 5.75 Å². The van der Waals surface area contributed by atoms with Crippen molar-refractivity contribution >= 4 is 10.9 Å². The first-order valence-corrected chi connectivity index (χ1v) is 8.46. The number of aliphatic hydroxyl groups excluding tert-OH is 1. The molecule has 0 bridgehead atoms. The second-order valence-electron chi connectivity index (χ2n) is 5.85. The maximum absolute atomic E-state index is 8.83. The number of ether oxygens (including phenoxy) is 1. The molecule has 0 amide bonds. The third-order valence-corrected chi connectivity index (χ3v) is 4.09. The minimum absolute atomic E-state index is 0.219. The maximum atomic E-state index is 8.83. The molecule has 0 atom stereocenters. The molecule has 0 fully saturated rings. The van der Waals surface area contributed by atoms with E-state index in [1.807, 2.05) is 24.4 Å². The number of para-hydroxylation sites is 2. The Hall–Kier alpha value is -2.30. The highest BCUT2D eigenvalue weighted by molar-refractivity contribution is 5.82. The molecule has 126 valence electrons. The van der Waals surface area contributed by atoms with Crippen LogP contribution >= 0.6 is 0 Å². The predicted molar refractivity (Wildman–Crippen MR) is 97.1 cm³/mol. The average molecular weight is 324 g/mol. The lowest BCUT2D eigenvalue weighted by Gasteiger charge is -2.12. The van der Waals surface area contributed by atoms with Crippen LogP contribution in [-0.4, -0.2) is 23.3 Å². The third kappa shape index (κ3) is 4.16. The highest BCUT2D eigenvalue weighted by Gasteiger charge is 2.05. The van der Waals surface area contributed by atoms with Gasteiger partial charge >= 0.3 is 0 Å². The summed E-state index contributed by atoms with van der Waals surface area (Å²) < 4.78 is 5.84. The molecule has 0 saturated carbocycles. The van der Waals surface area contributed by atoms with E-state index >= 15 is 0 Å². The molecule has 1 aromatic heterocycles. The van der Waals surface area contributed by atoms with Crippen molar-refractivity contribution in [2.24, 2.45) is 0 Å². The number of unbranched alkanes of at least 4 members (excludes halogenated alkanes) is 1. The van der Waals surface area contributed by atoms with Crippen LogP contribution in [0.3, 0.4) is 0 Å². The fourth-order valence-corrected chi connectivity index (χ4v) is 2.82. The van der Waals surface area contributed by atoms with Crippen LogP contribution in [0.25, 0.3) is 10.9 Å². The summed E-state index contributed by atoms with van der Waals surface area (Å²) in [5.74, 6) is 0.918. The van der Waals surface area contributed by atoms with E-state index in [4.69, 9.17) is 9.84 Å². The largest absolute Gasteiger partial charge is 0.493 e. The van der Waals surface area contributed by atoms with Gasteiger partial charge in [0.2, 0.25) is 0 Å². The molecule has 3 aromatic rings. The Kier molecular flexibility index (Phi) is 5.88. The number of benzene rings is 2. The number of hydrogen-bond donors (Lipinski definition) is 3. The molecule has 0 radical (unpaired) electrons. The van der Waals surface area contributed by atoms with Gasteiger partial charge in [-0.2, -0.15) is 0 Å². The predicted octanol–water partition coefficient (Wildman–Crippen LogP) is 3.61. The first kappa shape index (κ1) is 16.6. The van der Waals surface area contributed by atoms with Crippen LogP contribution in [0.1, 0.15) is 24.0 Å². The molecule has 1 heterocycles. The van der Waals surface area contributed by atoms with Gasteiger partial charge in [0, 0.05) is 37.0 Å². The number of aromatic amines is 1. The molecule has 3 rings (SSSR count). The summed E-state index contributed by atoms with van der Waals surface area (Å²) >= 11 is 0. The molecule has 0 aliphatic carbocycles. The highest BCUT2D eigenvalue weighted by atomic mass is 16.5. The Labute approximate surface area is 142 Å². The van der Waals surface area contributed by atoms with Crippen molar-refractivity contribution in [1.82, 2.24) is 10.3 Å². The van der Waals surface area contributed by atoms with Crippen LogP contribution in [-0.2, 0) is 13.1 Å². The van der Waals surface area contributed by atoms with Gasteiger partial charge in [0.05, 0.1) is 6.61 Å². The number of aliphatic hydroxyl groups is 1. The van der Waals surface area contributed by atoms with Gasteiger partial charge < -0.3 is 20.1 Å². The van der Waals surface area contributed by atoms with E-state index in [-0.39, 0.29) is 6.61 Å². The zero-order valence-corrected chi connectivity index (χ0v) is 13.8. The number of H-pyrrole nitrogens is 1. The van der Waals surface area contributed by atoms with E-state index in [9.17, 15) is 0 Å². The summed E-state index contributed by atoms with van der Waals surface area (Å²) in [5.41, 5.74) is 3.61. The van der Waals surface area contributed by atoms with Crippen molar-refractivity contribution in [3.05, 3.63) is 65.9 Å². The van der Waals surface area contributed by atoms with E-state index in [0.29, 0.717) is 6.61 Å². The Balaban J connectivity index is 1.57. The Morgan fingerprint density at radius 1 is 0.917 bits per heavy atom. The third-order valence-electron chi connectivity index (χ3n) is 4.09. The van der Waals surface area contributed by atoms with Gasteiger partial charge in [-0.1, -0.05) is 36.4 Å². The molecule has 0 aliphatic heterocycles. The summed E-state index contributed by atoms with van der Waals surface area (Å²) in [6, 6.07) is 16.5. The fourth-order valence-electron chi connectivity index (χ4n) is 2.82. The standard InChI is InChI=1S/C20H24N2O2/c23-12-3-4-13-24-19-9-2-1-6-17(19)14-21-15-18-8-5-7-16-10-11-22-20(16)18/h1-2,5-11,21-23H,3-4,12-15H2. The van der Waals surface area contributed by atoms with Gasteiger partial charge in [0.25, 0.3) is 0 Å². The van der Waals surface area contributed by atoms with Crippen molar-refractivity contribution in [3.63, 3.8) is 0 Å². The number of rotatable bonds is 9. The molecular weight excluding hydrogens is 300 g/mol. The van der Waals surface area contributed by atoms with Crippen molar-refractivity contribution in [2.45, 2.75) is 25.9 Å². The summed E-state index contributed by atoms with van der Waals surface area (Å²) in [6.07, 6.45) is 3.62. The fraction of sp³-hybridized carbons (Fsp3) is 0.300. The van der Waals surface area contributed by atoms with E-state index < -0.39 is 0 Å². The summed E-state index contributed by atoms with van der Waals surface area (Å²) in [6.45, 7) is 2.42. The minimum atomic E-state index is 0.219. The summed E-state index contributed by atoms with van der Waals surface area (Å²) in [7, 11) is 0. The lowest BCUT2D eigenvalue weighted by Crippen LogP contribution is -2.14. The second kappa shape index (κ2) is 8.52. The molecule has 24 heavy (non-hydrogen) atoms. The zero-order chi connectivity index (χ0) is 16.6. The first-order chi connectivity index (χ1) is 11.9. The Morgan fingerprint density at radius 3 is 2.67 bits per heavy atom. The van der Waals surface area contributed by atoms with Crippen LogP contribution in [0.15, 0.2) is 54.7 Å². The topological polar surface area (TPSA) is 57.3 Å². The van der Waals surface area contributed by atoms with Crippen LogP contribution in [0, 0.1) is 0 Å². The van der Waals surface area contributed by atoms with Crippen LogP contribution in [0.4, 0.5) is 0 Å². The molecule has 3 N–H and O–H groups in total. The molecule has 0 unspecified atom stereocenters. The molecule has 2 aromatic carbocycles. The summed E-state index contributed by atoms with van der Waals surface area (Å²) in [5, 5.41) is 13.6. The monoisotopic (exact) mass is 324 g/mol. The van der Waals surface area contributed by atoms with Crippen molar-refractivity contribution < 1.29 is 9.84 Å². The molecule has 0 saturated heterocycles. The van der Waals surface area contributed by atoms with E-state index in [1.165, 1.54) is 16.5 Å². The van der Waals surface area contributed by atoms with E-state index in [0.717, 1.165) is 37.2 Å². The molecular formula is C20H24N2O2. The average Bonchev–Trinajstić information content (AvgIpc) is 3.09. The highest BCUT2D eigenvalue weighted by Crippen LogP contribution is 2.19. The quantitative estimate of drug-likeness (QED) is 0.527. The second-order valence-corrected chi connectivity index (χ2v) is 5.85. The van der Waals surface area contributed by atoms with Gasteiger partial charge in [-0.15, -0.1) is 0 Å². The van der Waals surface area contributed by atoms with Crippen molar-refractivity contribution in [1.29, 1.82) is 0 Å². The molecule has 0 spiro atoms. The minimum Gasteiger partial charge on any atom is -0.493 e. The number of aromatic nitrogens is 1. The van der Waals surface area contributed by atoms with Gasteiger partial charge in [0.15, 0.2) is 0 Å². The lowest BCUT2D eigenvalue weighted by molar-refractivity contribution is 0.252. The SMILES string of the molecule is OCCCCOc1ccccc1CNCc1cccc2cc[nH]c12. The smallest absolute Gasteiger partial charge is 0.123 e. The maximum Gasteiger partial charge on any atom is 0.123 e. The number of hydrogen-bond acceptors (Lipinski definition) is 3. The van der Waals surface area contributed by atoms with Crippen molar-refractivity contribution in [3.8, 4) is 5.75 Å². The molecule has 4 nitrogen and oxygen atoms in total. The molecule has 0 aliphatic rings. The normalized spacial score (nSPS) is 11.0. The van der Waals surface area contributed by atoms with Crippen molar-refractivity contribution in [2.75, 3.05) is 13.2 Å². The molecule has 4 heteroatoms. The lowest BCUT2D eigenvalue weighted by atomic mass is 10.1. The number of fused-ring (bicyclic) bond motifs is 1. The van der Waals surface area contributed by atoms with E-state index in [2.05, 4.69) is 40.6 Å². The zero-order valence-electron chi connectivity index (χ0n) is 13.8. The van der Waals surface area contributed by atoms with E-state index in [1.54, 1.807) is 0 Å². The van der Waals surface area contributed by atoms with Crippen LogP contribution < -0.4 is 10.1 Å². The van der Waals surface area contributed by atoms with Gasteiger partial charge in [-0.05, 0) is 35.9 Å². The number of nitrogens with one attached hydrogen (secondary N) is 2. The Morgan fingerprint density at radius 2 is 1.75 bits per heavy atom. The summed E-state index contributed by atoms with van der Waals surface area (Å²) in [4.78, 5) is 3.30. The van der Waals surface area contributed by atoms with Gasteiger partial charge in [0.1, 0.15) is 5.75 Å². The van der Waals surface area contributed by atoms with Gasteiger partial charge in [-0.3, -0.25) is 0 Å². The van der Waals surface area contributed by atoms with Crippen LogP contribution in [0.2, 0.25) is 0 Å².